The summed E-state index contributed by atoms with van der Waals surface area (Å²) in [5, 5.41) is 3.59. The van der Waals surface area contributed by atoms with Crippen molar-refractivity contribution in [2.24, 2.45) is 5.92 Å². The molecule has 3 nitrogen and oxygen atoms in total. The molecule has 0 saturated carbocycles. The van der Waals surface area contributed by atoms with Gasteiger partial charge in [0.2, 0.25) is 0 Å². The van der Waals surface area contributed by atoms with E-state index in [-0.39, 0.29) is 41.7 Å². The van der Waals surface area contributed by atoms with E-state index in [4.69, 9.17) is 16.3 Å². The van der Waals surface area contributed by atoms with Crippen LogP contribution >= 0.6 is 36.4 Å². The van der Waals surface area contributed by atoms with Gasteiger partial charge in [-0.1, -0.05) is 23.7 Å². The topological polar surface area (TPSA) is 24.5 Å². The standard InChI is InChI=1S/C16H22ClFN2O.2ClH/c17-14-3-1-2-13(15(14)18)16(12-4-10-21-11-5-12)20-8-6-19-7-9-20;;/h1-3,12,16,19H,4-11H2;2*1H/t16-;;/m0../s1. The molecular formula is C16H24Cl3FN2O. The third-order valence-electron chi connectivity index (χ3n) is 4.56. The fraction of sp³-hybridized carbons (Fsp3) is 0.625. The van der Waals surface area contributed by atoms with Crippen LogP contribution in [0.1, 0.15) is 24.4 Å². The molecule has 2 aliphatic heterocycles. The average molecular weight is 386 g/mol. The summed E-state index contributed by atoms with van der Waals surface area (Å²) >= 11 is 6.01. The van der Waals surface area contributed by atoms with Crippen LogP contribution in [0.5, 0.6) is 0 Å². The van der Waals surface area contributed by atoms with E-state index in [1.807, 2.05) is 12.1 Å². The Morgan fingerprint density at radius 1 is 1.17 bits per heavy atom. The molecule has 2 aliphatic rings. The Labute approximate surface area is 154 Å². The highest BCUT2D eigenvalue weighted by molar-refractivity contribution is 6.30. The predicted molar refractivity (Wildman–Crippen MR) is 96.6 cm³/mol. The van der Waals surface area contributed by atoms with Gasteiger partial charge in [0.05, 0.1) is 5.02 Å². The summed E-state index contributed by atoms with van der Waals surface area (Å²) in [6.07, 6.45) is 1.97. The molecule has 0 aliphatic carbocycles. The zero-order valence-electron chi connectivity index (χ0n) is 13.0. The van der Waals surface area contributed by atoms with Crippen LogP contribution in [0.2, 0.25) is 5.02 Å². The molecule has 2 saturated heterocycles. The third kappa shape index (κ3) is 4.94. The van der Waals surface area contributed by atoms with Gasteiger partial charge in [-0.3, -0.25) is 4.90 Å². The van der Waals surface area contributed by atoms with E-state index in [0.29, 0.717) is 5.92 Å². The molecule has 7 heteroatoms. The van der Waals surface area contributed by atoms with E-state index in [0.717, 1.165) is 57.8 Å². The van der Waals surface area contributed by atoms with Gasteiger partial charge >= 0.3 is 0 Å². The monoisotopic (exact) mass is 384 g/mol. The summed E-state index contributed by atoms with van der Waals surface area (Å²) < 4.78 is 20.0. The smallest absolute Gasteiger partial charge is 0.146 e. The largest absolute Gasteiger partial charge is 0.381 e. The van der Waals surface area contributed by atoms with Gasteiger partial charge in [0.25, 0.3) is 0 Å². The highest BCUT2D eigenvalue weighted by Crippen LogP contribution is 2.37. The summed E-state index contributed by atoms with van der Waals surface area (Å²) in [5.74, 6) is 0.180. The Morgan fingerprint density at radius 2 is 1.83 bits per heavy atom. The molecule has 1 N–H and O–H groups in total. The number of benzene rings is 1. The molecule has 132 valence electrons. The summed E-state index contributed by atoms with van der Waals surface area (Å²) in [4.78, 5) is 2.40. The maximum absolute atomic E-state index is 14.6. The minimum Gasteiger partial charge on any atom is -0.381 e. The van der Waals surface area contributed by atoms with E-state index >= 15 is 0 Å². The number of hydrogen-bond donors (Lipinski definition) is 1. The first kappa shape index (κ1) is 20.9. The second-order valence-corrected chi connectivity index (χ2v) is 6.23. The second-order valence-electron chi connectivity index (χ2n) is 5.82. The zero-order valence-corrected chi connectivity index (χ0v) is 15.4. The summed E-state index contributed by atoms with van der Waals surface area (Å²) in [6.45, 7) is 5.37. The molecule has 0 bridgehead atoms. The second kappa shape index (κ2) is 10.0. The molecule has 0 amide bonds. The summed E-state index contributed by atoms with van der Waals surface area (Å²) in [6, 6.07) is 5.48. The van der Waals surface area contributed by atoms with E-state index in [1.54, 1.807) is 6.07 Å². The number of hydrogen-bond acceptors (Lipinski definition) is 3. The van der Waals surface area contributed by atoms with Crippen LogP contribution in [0.25, 0.3) is 0 Å². The highest BCUT2D eigenvalue weighted by atomic mass is 35.5. The van der Waals surface area contributed by atoms with Crippen LogP contribution in [0.4, 0.5) is 4.39 Å². The van der Waals surface area contributed by atoms with Crippen molar-refractivity contribution < 1.29 is 9.13 Å². The van der Waals surface area contributed by atoms with Crippen LogP contribution in [-0.4, -0.2) is 44.3 Å². The molecule has 0 aromatic heterocycles. The van der Waals surface area contributed by atoms with Crippen LogP contribution in [0, 0.1) is 11.7 Å². The van der Waals surface area contributed by atoms with Crippen molar-refractivity contribution in [1.82, 2.24) is 10.2 Å². The lowest BCUT2D eigenvalue weighted by atomic mass is 9.85. The van der Waals surface area contributed by atoms with Gasteiger partial charge in [-0.25, -0.2) is 4.39 Å². The van der Waals surface area contributed by atoms with Crippen molar-refractivity contribution in [2.45, 2.75) is 18.9 Å². The predicted octanol–water partition coefficient (Wildman–Crippen LogP) is 3.70. The number of ether oxygens (including phenoxy) is 1. The number of rotatable bonds is 3. The van der Waals surface area contributed by atoms with Crippen molar-refractivity contribution in [3.63, 3.8) is 0 Å². The van der Waals surface area contributed by atoms with Crippen molar-refractivity contribution >= 4 is 36.4 Å². The minimum atomic E-state index is -0.255. The fourth-order valence-corrected chi connectivity index (χ4v) is 3.67. The van der Waals surface area contributed by atoms with Gasteiger partial charge in [0, 0.05) is 51.0 Å². The lowest BCUT2D eigenvalue weighted by Crippen LogP contribution is -2.47. The van der Waals surface area contributed by atoms with Crippen LogP contribution in [0.15, 0.2) is 18.2 Å². The van der Waals surface area contributed by atoms with Crippen molar-refractivity contribution in [2.75, 3.05) is 39.4 Å². The Hall–Kier alpha value is -0.100. The molecule has 2 heterocycles. The Bertz CT molecular complexity index is 462. The van der Waals surface area contributed by atoms with Crippen LogP contribution in [0.3, 0.4) is 0 Å². The van der Waals surface area contributed by atoms with E-state index in [2.05, 4.69) is 10.2 Å². The number of piperazine rings is 1. The summed E-state index contributed by atoms with van der Waals surface area (Å²) in [7, 11) is 0. The molecule has 1 aromatic carbocycles. The van der Waals surface area contributed by atoms with Gasteiger partial charge in [-0.2, -0.15) is 0 Å². The van der Waals surface area contributed by atoms with E-state index < -0.39 is 0 Å². The van der Waals surface area contributed by atoms with Crippen LogP contribution < -0.4 is 5.32 Å². The van der Waals surface area contributed by atoms with Crippen LogP contribution in [-0.2, 0) is 4.74 Å². The van der Waals surface area contributed by atoms with Gasteiger partial charge < -0.3 is 10.1 Å². The Balaban J connectivity index is 0.00000132. The number of nitrogens with zero attached hydrogens (tertiary/aromatic N) is 1. The van der Waals surface area contributed by atoms with Gasteiger partial charge in [0.1, 0.15) is 5.82 Å². The van der Waals surface area contributed by atoms with E-state index in [9.17, 15) is 4.39 Å². The molecule has 1 aromatic rings. The van der Waals surface area contributed by atoms with Gasteiger partial charge in [-0.15, -0.1) is 24.8 Å². The maximum atomic E-state index is 14.6. The Kier molecular flexibility index (Phi) is 9.12. The molecule has 2 fully saturated rings. The number of halogens is 4. The van der Waals surface area contributed by atoms with Crippen molar-refractivity contribution in [3.05, 3.63) is 34.6 Å². The third-order valence-corrected chi connectivity index (χ3v) is 4.85. The average Bonchev–Trinajstić information content (AvgIpc) is 2.54. The molecule has 0 radical (unpaired) electrons. The van der Waals surface area contributed by atoms with Gasteiger partial charge in [-0.05, 0) is 24.8 Å². The molecule has 0 spiro atoms. The van der Waals surface area contributed by atoms with Gasteiger partial charge in [0.15, 0.2) is 0 Å². The fourth-order valence-electron chi connectivity index (χ4n) is 3.49. The first-order valence-corrected chi connectivity index (χ1v) is 8.11. The maximum Gasteiger partial charge on any atom is 0.146 e. The van der Waals surface area contributed by atoms with Crippen molar-refractivity contribution in [1.29, 1.82) is 0 Å². The Morgan fingerprint density at radius 3 is 2.48 bits per heavy atom. The minimum absolute atomic E-state index is 0. The summed E-state index contributed by atoms with van der Waals surface area (Å²) in [5.41, 5.74) is 0.747. The van der Waals surface area contributed by atoms with E-state index in [1.165, 1.54) is 0 Å². The molecule has 23 heavy (non-hydrogen) atoms. The molecular weight excluding hydrogens is 362 g/mol. The molecule has 3 rings (SSSR count). The SMILES string of the molecule is Cl.Cl.Fc1c(Cl)cccc1[C@H](C1CCOCC1)N1CCNCC1. The number of nitrogens with one attached hydrogen (secondary N) is 1. The zero-order chi connectivity index (χ0) is 14.7. The molecule has 0 unspecified atom stereocenters. The normalized spacial score (nSPS) is 21.1. The quantitative estimate of drug-likeness (QED) is 0.858. The molecule has 1 atom stereocenters. The highest BCUT2D eigenvalue weighted by Gasteiger charge is 2.33. The van der Waals surface area contributed by atoms with Crippen molar-refractivity contribution in [3.8, 4) is 0 Å². The lowest BCUT2D eigenvalue weighted by molar-refractivity contribution is 0.0203. The first-order valence-electron chi connectivity index (χ1n) is 7.74. The first-order chi connectivity index (χ1) is 10.3. The lowest BCUT2D eigenvalue weighted by Gasteiger charge is -2.41.